The number of alkyl halides is 3. The first kappa shape index (κ1) is 15.6. The second kappa shape index (κ2) is 6.80. The SMILES string of the molecule is CNc1cc(C(F)(F)F)cc(NCC2CSCCS2)n1. The van der Waals surface area contributed by atoms with Gasteiger partial charge in [0.15, 0.2) is 0 Å². The van der Waals surface area contributed by atoms with E-state index in [4.69, 9.17) is 0 Å². The summed E-state index contributed by atoms with van der Waals surface area (Å²) in [5.74, 6) is 3.74. The molecule has 112 valence electrons. The molecule has 1 aromatic rings. The summed E-state index contributed by atoms with van der Waals surface area (Å²) in [5, 5.41) is 6.09. The van der Waals surface area contributed by atoms with Crippen molar-refractivity contribution in [1.82, 2.24) is 4.98 Å². The second-order valence-electron chi connectivity index (χ2n) is 4.32. The van der Waals surface area contributed by atoms with Crippen LogP contribution in [0.15, 0.2) is 12.1 Å². The summed E-state index contributed by atoms with van der Waals surface area (Å²) in [6, 6.07) is 2.07. The number of pyridine rings is 1. The maximum Gasteiger partial charge on any atom is 0.416 e. The topological polar surface area (TPSA) is 37.0 Å². The van der Waals surface area contributed by atoms with E-state index in [1.807, 2.05) is 23.5 Å². The number of hydrogen-bond acceptors (Lipinski definition) is 5. The first-order chi connectivity index (χ1) is 9.49. The van der Waals surface area contributed by atoms with Crippen molar-refractivity contribution in [2.75, 3.05) is 41.5 Å². The van der Waals surface area contributed by atoms with Crippen molar-refractivity contribution in [1.29, 1.82) is 0 Å². The minimum absolute atomic E-state index is 0.216. The van der Waals surface area contributed by atoms with E-state index in [0.717, 1.165) is 29.4 Å². The molecule has 20 heavy (non-hydrogen) atoms. The highest BCUT2D eigenvalue weighted by molar-refractivity contribution is 8.06. The van der Waals surface area contributed by atoms with Gasteiger partial charge in [0.1, 0.15) is 11.6 Å². The first-order valence-electron chi connectivity index (χ1n) is 6.19. The molecule has 0 bridgehead atoms. The minimum Gasteiger partial charge on any atom is -0.373 e. The largest absolute Gasteiger partial charge is 0.416 e. The van der Waals surface area contributed by atoms with Crippen LogP contribution in [0.25, 0.3) is 0 Å². The van der Waals surface area contributed by atoms with Crippen molar-refractivity contribution >= 4 is 35.2 Å². The van der Waals surface area contributed by atoms with Gasteiger partial charge in [0.05, 0.1) is 5.56 Å². The molecule has 1 unspecified atom stereocenters. The summed E-state index contributed by atoms with van der Waals surface area (Å²) in [5.41, 5.74) is -0.690. The third-order valence-electron chi connectivity index (χ3n) is 2.80. The van der Waals surface area contributed by atoms with Crippen molar-refractivity contribution in [3.63, 3.8) is 0 Å². The van der Waals surface area contributed by atoms with E-state index < -0.39 is 11.7 Å². The second-order valence-corrected chi connectivity index (χ2v) is 6.88. The highest BCUT2D eigenvalue weighted by Gasteiger charge is 2.31. The van der Waals surface area contributed by atoms with E-state index in [-0.39, 0.29) is 11.6 Å². The summed E-state index contributed by atoms with van der Waals surface area (Å²) in [7, 11) is 1.56. The molecule has 1 atom stereocenters. The van der Waals surface area contributed by atoms with Gasteiger partial charge in [0, 0.05) is 36.1 Å². The molecule has 2 rings (SSSR count). The van der Waals surface area contributed by atoms with E-state index >= 15 is 0 Å². The summed E-state index contributed by atoms with van der Waals surface area (Å²) < 4.78 is 38.4. The number of aromatic nitrogens is 1. The Kier molecular flexibility index (Phi) is 5.31. The van der Waals surface area contributed by atoms with Gasteiger partial charge in [0.2, 0.25) is 0 Å². The van der Waals surface area contributed by atoms with Crippen LogP contribution in [0.2, 0.25) is 0 Å². The van der Waals surface area contributed by atoms with Crippen LogP contribution in [0.5, 0.6) is 0 Å². The molecule has 0 radical (unpaired) electrons. The number of hydrogen-bond donors (Lipinski definition) is 2. The molecule has 0 aliphatic carbocycles. The molecule has 0 amide bonds. The lowest BCUT2D eigenvalue weighted by molar-refractivity contribution is -0.137. The molecule has 2 heterocycles. The van der Waals surface area contributed by atoms with Gasteiger partial charge in [0.25, 0.3) is 0 Å². The van der Waals surface area contributed by atoms with Crippen LogP contribution in [0.1, 0.15) is 5.56 Å². The van der Waals surface area contributed by atoms with E-state index in [0.29, 0.717) is 11.8 Å². The van der Waals surface area contributed by atoms with Gasteiger partial charge in [-0.05, 0) is 12.1 Å². The van der Waals surface area contributed by atoms with Crippen LogP contribution in [-0.4, -0.2) is 41.1 Å². The van der Waals surface area contributed by atoms with Gasteiger partial charge in [-0.3, -0.25) is 0 Å². The Morgan fingerprint density at radius 3 is 2.65 bits per heavy atom. The summed E-state index contributed by atoms with van der Waals surface area (Å²) in [6.45, 7) is 0.634. The molecule has 0 saturated carbocycles. The molecule has 0 spiro atoms. The fraction of sp³-hybridized carbons (Fsp3) is 0.583. The maximum absolute atomic E-state index is 12.8. The molecule has 1 aliphatic heterocycles. The van der Waals surface area contributed by atoms with Gasteiger partial charge in [-0.1, -0.05) is 0 Å². The molecule has 1 aliphatic rings. The predicted molar refractivity (Wildman–Crippen MR) is 80.8 cm³/mol. The number of nitrogens with zero attached hydrogens (tertiary/aromatic N) is 1. The fourth-order valence-electron chi connectivity index (χ4n) is 1.79. The molecule has 8 heteroatoms. The van der Waals surface area contributed by atoms with E-state index in [2.05, 4.69) is 15.6 Å². The van der Waals surface area contributed by atoms with Gasteiger partial charge in [-0.25, -0.2) is 4.98 Å². The van der Waals surface area contributed by atoms with Crippen LogP contribution < -0.4 is 10.6 Å². The molecular formula is C12H16F3N3S2. The average molecular weight is 323 g/mol. The number of thioether (sulfide) groups is 2. The summed E-state index contributed by atoms with van der Waals surface area (Å²) in [6.07, 6.45) is -4.36. The van der Waals surface area contributed by atoms with Crippen molar-refractivity contribution in [2.45, 2.75) is 11.4 Å². The number of halogens is 3. The van der Waals surface area contributed by atoms with Gasteiger partial charge in [-0.2, -0.15) is 36.7 Å². The lowest BCUT2D eigenvalue weighted by atomic mass is 10.2. The zero-order valence-electron chi connectivity index (χ0n) is 11.0. The Morgan fingerprint density at radius 2 is 2.05 bits per heavy atom. The number of anilines is 2. The Labute approximate surface area is 124 Å². The summed E-state index contributed by atoms with van der Waals surface area (Å²) in [4.78, 5) is 4.11. The van der Waals surface area contributed by atoms with Crippen molar-refractivity contribution in [3.05, 3.63) is 17.7 Å². The lowest BCUT2D eigenvalue weighted by Crippen LogP contribution is -2.23. The van der Waals surface area contributed by atoms with Gasteiger partial charge >= 0.3 is 6.18 Å². The highest BCUT2D eigenvalue weighted by atomic mass is 32.2. The van der Waals surface area contributed by atoms with E-state index in [1.165, 1.54) is 0 Å². The van der Waals surface area contributed by atoms with Crippen molar-refractivity contribution in [2.24, 2.45) is 0 Å². The molecule has 2 N–H and O–H groups in total. The molecular weight excluding hydrogens is 307 g/mol. The van der Waals surface area contributed by atoms with Crippen molar-refractivity contribution in [3.8, 4) is 0 Å². The van der Waals surface area contributed by atoms with Gasteiger partial charge in [-0.15, -0.1) is 0 Å². The Hall–Kier alpha value is -0.760. The highest BCUT2D eigenvalue weighted by Crippen LogP contribution is 2.32. The molecule has 0 aromatic carbocycles. The van der Waals surface area contributed by atoms with Crippen LogP contribution in [-0.2, 0) is 6.18 Å². The molecule has 1 saturated heterocycles. The lowest BCUT2D eigenvalue weighted by Gasteiger charge is -2.21. The van der Waals surface area contributed by atoms with Crippen LogP contribution in [0, 0.1) is 0 Å². The first-order valence-corrected chi connectivity index (χ1v) is 8.39. The fourth-order valence-corrected chi connectivity index (χ4v) is 4.40. The third kappa shape index (κ3) is 4.37. The zero-order valence-corrected chi connectivity index (χ0v) is 12.6. The van der Waals surface area contributed by atoms with Crippen LogP contribution in [0.3, 0.4) is 0 Å². The van der Waals surface area contributed by atoms with E-state index in [9.17, 15) is 13.2 Å². The molecule has 1 fully saturated rings. The standard InChI is InChI=1S/C12H16F3N3S2/c1-16-10-4-8(12(13,14)15)5-11(18-10)17-6-9-7-19-2-3-20-9/h4-5,9H,2-3,6-7H2,1H3,(H2,16,17,18). The molecule has 3 nitrogen and oxygen atoms in total. The Morgan fingerprint density at radius 1 is 1.30 bits per heavy atom. The third-order valence-corrected chi connectivity index (χ3v) is 5.65. The Bertz CT molecular complexity index is 448. The summed E-state index contributed by atoms with van der Waals surface area (Å²) >= 11 is 3.73. The normalized spacial score (nSPS) is 19.7. The average Bonchev–Trinajstić information content (AvgIpc) is 2.45. The quantitative estimate of drug-likeness (QED) is 0.888. The van der Waals surface area contributed by atoms with Crippen LogP contribution in [0.4, 0.5) is 24.8 Å². The number of nitrogens with one attached hydrogen (secondary N) is 2. The predicted octanol–water partition coefficient (Wildman–Crippen LogP) is 3.40. The smallest absolute Gasteiger partial charge is 0.373 e. The zero-order chi connectivity index (χ0) is 14.6. The van der Waals surface area contributed by atoms with Crippen LogP contribution >= 0.6 is 23.5 Å². The van der Waals surface area contributed by atoms with Crippen molar-refractivity contribution < 1.29 is 13.2 Å². The maximum atomic E-state index is 12.8. The van der Waals surface area contributed by atoms with Gasteiger partial charge < -0.3 is 10.6 Å². The minimum atomic E-state index is -4.36. The Balaban J connectivity index is 2.06. The number of rotatable bonds is 4. The monoisotopic (exact) mass is 323 g/mol. The van der Waals surface area contributed by atoms with E-state index in [1.54, 1.807) is 7.05 Å². The molecule has 1 aromatic heterocycles.